The second-order valence-corrected chi connectivity index (χ2v) is 8.66. The molecule has 0 atom stereocenters. The zero-order valence-electron chi connectivity index (χ0n) is 18.0. The molecule has 0 aliphatic carbocycles. The summed E-state index contributed by atoms with van der Waals surface area (Å²) >= 11 is 2.18. The van der Waals surface area contributed by atoms with Crippen LogP contribution in [0.3, 0.4) is 0 Å². The highest BCUT2D eigenvalue weighted by Crippen LogP contribution is 2.35. The Bertz CT molecular complexity index is 1360. The summed E-state index contributed by atoms with van der Waals surface area (Å²) in [5.74, 6) is -0.333. The van der Waals surface area contributed by atoms with E-state index in [9.17, 15) is 18.0 Å². The van der Waals surface area contributed by atoms with Gasteiger partial charge in [-0.3, -0.25) is 0 Å². The van der Waals surface area contributed by atoms with Gasteiger partial charge in [-0.25, -0.2) is 4.79 Å². The number of carboxylic acid groups (broad SMARTS) is 1. The Morgan fingerprint density at radius 1 is 0.914 bits per heavy atom. The first-order valence-electron chi connectivity index (χ1n) is 10.3. The number of aliphatic carboxylic acids is 1. The van der Waals surface area contributed by atoms with E-state index in [1.54, 1.807) is 24.3 Å². The SMILES string of the molecule is O=C(O)COc1ccc(OCC=C(c2ccc(I)cc2)c2ccc(C(F)(F)F)cc2)c2occc12. The van der Waals surface area contributed by atoms with Gasteiger partial charge in [0, 0.05) is 3.57 Å². The van der Waals surface area contributed by atoms with Crippen LogP contribution in [-0.2, 0) is 11.0 Å². The Morgan fingerprint density at radius 2 is 1.54 bits per heavy atom. The fourth-order valence-electron chi connectivity index (χ4n) is 3.48. The third-order valence-electron chi connectivity index (χ3n) is 5.10. The number of carboxylic acids is 1. The molecule has 180 valence electrons. The van der Waals surface area contributed by atoms with Gasteiger partial charge < -0.3 is 19.0 Å². The van der Waals surface area contributed by atoms with Crippen molar-refractivity contribution in [1.29, 1.82) is 0 Å². The Balaban J connectivity index is 1.61. The number of hydrogen-bond donors (Lipinski definition) is 1. The van der Waals surface area contributed by atoms with Gasteiger partial charge in [-0.1, -0.05) is 24.3 Å². The number of fused-ring (bicyclic) bond motifs is 1. The molecule has 0 amide bonds. The minimum atomic E-state index is -4.41. The van der Waals surface area contributed by atoms with Crippen LogP contribution in [0, 0.1) is 3.57 Å². The van der Waals surface area contributed by atoms with Crippen LogP contribution in [-0.4, -0.2) is 24.3 Å². The number of carbonyl (C=O) groups is 1. The topological polar surface area (TPSA) is 68.9 Å². The van der Waals surface area contributed by atoms with Crippen molar-refractivity contribution in [3.8, 4) is 11.5 Å². The molecule has 4 rings (SSSR count). The highest BCUT2D eigenvalue weighted by Gasteiger charge is 2.30. The maximum absolute atomic E-state index is 13.0. The van der Waals surface area contributed by atoms with E-state index in [2.05, 4.69) is 22.6 Å². The van der Waals surface area contributed by atoms with E-state index in [0.29, 0.717) is 33.6 Å². The summed E-state index contributed by atoms with van der Waals surface area (Å²) in [6.07, 6.45) is -1.18. The molecule has 5 nitrogen and oxygen atoms in total. The quantitative estimate of drug-likeness (QED) is 0.222. The van der Waals surface area contributed by atoms with E-state index in [1.807, 2.05) is 24.3 Å². The number of ether oxygens (including phenoxy) is 2. The van der Waals surface area contributed by atoms with Crippen LogP contribution in [0.5, 0.6) is 11.5 Å². The van der Waals surface area contributed by atoms with Gasteiger partial charge in [0.15, 0.2) is 17.9 Å². The third kappa shape index (κ3) is 5.97. The molecular formula is C26H18F3IO5. The van der Waals surface area contributed by atoms with Gasteiger partial charge >= 0.3 is 12.1 Å². The summed E-state index contributed by atoms with van der Waals surface area (Å²) in [7, 11) is 0. The number of alkyl halides is 3. The van der Waals surface area contributed by atoms with Gasteiger partial charge in [-0.15, -0.1) is 0 Å². The zero-order valence-corrected chi connectivity index (χ0v) is 20.2. The van der Waals surface area contributed by atoms with Crippen LogP contribution in [0.4, 0.5) is 13.2 Å². The Hall–Kier alpha value is -3.47. The molecule has 1 aromatic heterocycles. The molecule has 0 fully saturated rings. The molecule has 0 saturated heterocycles. The highest BCUT2D eigenvalue weighted by molar-refractivity contribution is 14.1. The van der Waals surface area contributed by atoms with Crippen molar-refractivity contribution in [1.82, 2.24) is 0 Å². The largest absolute Gasteiger partial charge is 0.486 e. The van der Waals surface area contributed by atoms with Gasteiger partial charge in [0.05, 0.1) is 17.2 Å². The molecule has 9 heteroatoms. The van der Waals surface area contributed by atoms with E-state index in [0.717, 1.165) is 21.3 Å². The molecule has 0 spiro atoms. The first kappa shape index (κ1) is 24.6. The standard InChI is InChI=1S/C26H18F3IO5/c27-26(28,29)18-5-1-16(2-6-18)20(17-3-7-19(30)8-4-17)11-13-33-23-10-9-22(35-15-24(31)32)21-12-14-34-25(21)23/h1-12,14H,13,15H2,(H,31,32). The maximum Gasteiger partial charge on any atom is 0.416 e. The molecule has 0 saturated carbocycles. The number of hydrogen-bond acceptors (Lipinski definition) is 4. The smallest absolute Gasteiger partial charge is 0.416 e. The minimum absolute atomic E-state index is 0.105. The molecule has 0 aliphatic heterocycles. The Labute approximate surface area is 211 Å². The van der Waals surface area contributed by atoms with Crippen molar-refractivity contribution in [2.24, 2.45) is 0 Å². The van der Waals surface area contributed by atoms with Crippen LogP contribution < -0.4 is 9.47 Å². The van der Waals surface area contributed by atoms with E-state index >= 15 is 0 Å². The minimum Gasteiger partial charge on any atom is -0.486 e. The van der Waals surface area contributed by atoms with E-state index in [4.69, 9.17) is 19.0 Å². The molecule has 0 aliphatic rings. The lowest BCUT2D eigenvalue weighted by Crippen LogP contribution is -2.09. The second-order valence-electron chi connectivity index (χ2n) is 7.42. The van der Waals surface area contributed by atoms with E-state index in [1.165, 1.54) is 18.4 Å². The molecule has 1 heterocycles. The van der Waals surface area contributed by atoms with Crippen molar-refractivity contribution < 1.29 is 37.0 Å². The first-order valence-corrected chi connectivity index (χ1v) is 11.4. The summed E-state index contributed by atoms with van der Waals surface area (Å²) in [6.45, 7) is -0.386. The average Bonchev–Trinajstić information content (AvgIpc) is 3.32. The third-order valence-corrected chi connectivity index (χ3v) is 5.82. The molecule has 0 radical (unpaired) electrons. The van der Waals surface area contributed by atoms with Crippen molar-refractivity contribution in [2.45, 2.75) is 6.18 Å². The summed E-state index contributed by atoms with van der Waals surface area (Å²) in [5.41, 5.74) is 1.83. The number of halogens is 4. The lowest BCUT2D eigenvalue weighted by Gasteiger charge is -2.13. The van der Waals surface area contributed by atoms with Gasteiger partial charge in [0.2, 0.25) is 0 Å². The summed E-state index contributed by atoms with van der Waals surface area (Å²) in [4.78, 5) is 10.8. The molecule has 1 N–H and O–H groups in total. The van der Waals surface area contributed by atoms with Crippen molar-refractivity contribution in [3.05, 3.63) is 99.3 Å². The molecule has 4 aromatic rings. The average molecular weight is 594 g/mol. The molecule has 0 unspecified atom stereocenters. The van der Waals surface area contributed by atoms with Gasteiger partial charge in [-0.2, -0.15) is 13.2 Å². The second kappa shape index (κ2) is 10.4. The highest BCUT2D eigenvalue weighted by atomic mass is 127. The maximum atomic E-state index is 13.0. The van der Waals surface area contributed by atoms with Crippen LogP contribution in [0.25, 0.3) is 16.5 Å². The number of furan rings is 1. The molecular weight excluding hydrogens is 576 g/mol. The van der Waals surface area contributed by atoms with Crippen LogP contribution in [0.1, 0.15) is 16.7 Å². The van der Waals surface area contributed by atoms with Gasteiger partial charge in [-0.05, 0) is 87.8 Å². The Kier molecular flexibility index (Phi) is 7.34. The molecule has 0 bridgehead atoms. The number of rotatable bonds is 8. The van der Waals surface area contributed by atoms with Crippen molar-refractivity contribution in [2.75, 3.05) is 13.2 Å². The Morgan fingerprint density at radius 3 is 2.17 bits per heavy atom. The molecule has 35 heavy (non-hydrogen) atoms. The molecule has 3 aromatic carbocycles. The van der Waals surface area contributed by atoms with Gasteiger partial charge in [0.25, 0.3) is 0 Å². The predicted octanol–water partition coefficient (Wildman–Crippen LogP) is 7.03. The van der Waals surface area contributed by atoms with E-state index in [-0.39, 0.29) is 6.61 Å². The summed E-state index contributed by atoms with van der Waals surface area (Å²) in [6, 6.07) is 17.4. The summed E-state index contributed by atoms with van der Waals surface area (Å²) < 4.78 is 56.8. The predicted molar refractivity (Wildman–Crippen MR) is 133 cm³/mol. The van der Waals surface area contributed by atoms with Crippen molar-refractivity contribution >= 4 is 45.1 Å². The van der Waals surface area contributed by atoms with Crippen LogP contribution in [0.2, 0.25) is 0 Å². The monoisotopic (exact) mass is 594 g/mol. The normalized spacial score (nSPS) is 12.1. The van der Waals surface area contributed by atoms with Crippen molar-refractivity contribution in [3.63, 3.8) is 0 Å². The van der Waals surface area contributed by atoms with Crippen LogP contribution >= 0.6 is 22.6 Å². The van der Waals surface area contributed by atoms with Crippen LogP contribution in [0.15, 0.2) is 83.5 Å². The zero-order chi connectivity index (χ0) is 25.0. The summed E-state index contributed by atoms with van der Waals surface area (Å²) in [5, 5.41) is 9.41. The number of benzene rings is 3. The first-order chi connectivity index (χ1) is 16.7. The lowest BCUT2D eigenvalue weighted by atomic mass is 9.96. The van der Waals surface area contributed by atoms with Gasteiger partial charge in [0.1, 0.15) is 12.4 Å². The lowest BCUT2D eigenvalue weighted by molar-refractivity contribution is -0.139. The fourth-order valence-corrected chi connectivity index (χ4v) is 3.83. The van der Waals surface area contributed by atoms with E-state index < -0.39 is 24.3 Å². The fraction of sp³-hybridized carbons (Fsp3) is 0.115.